The number of nitrogens with zero attached hydrogens (tertiary/aromatic N) is 1. The number of hydrogen-bond donors (Lipinski definition) is 1. The van der Waals surface area contributed by atoms with Crippen LogP contribution in [-0.2, 0) is 5.41 Å². The highest BCUT2D eigenvalue weighted by Crippen LogP contribution is 2.25. The molecule has 0 aliphatic rings. The first kappa shape index (κ1) is 16.2. The van der Waals surface area contributed by atoms with Crippen LogP contribution in [0.3, 0.4) is 0 Å². The SMILES string of the molecule is CCCCN(C)C(CN)c1ccc(C(C)(C)C)cc1. The predicted octanol–water partition coefficient (Wildman–Crippen LogP) is 3.72. The van der Waals surface area contributed by atoms with E-state index in [1.807, 2.05) is 0 Å². The van der Waals surface area contributed by atoms with Crippen molar-refractivity contribution in [1.82, 2.24) is 4.90 Å². The first-order chi connectivity index (χ1) is 8.90. The summed E-state index contributed by atoms with van der Waals surface area (Å²) in [7, 11) is 2.17. The zero-order valence-corrected chi connectivity index (χ0v) is 13.2. The minimum atomic E-state index is 0.213. The van der Waals surface area contributed by atoms with Gasteiger partial charge < -0.3 is 5.73 Å². The topological polar surface area (TPSA) is 29.3 Å². The van der Waals surface area contributed by atoms with Gasteiger partial charge in [0.05, 0.1) is 0 Å². The fourth-order valence-corrected chi connectivity index (χ4v) is 2.34. The van der Waals surface area contributed by atoms with Crippen LogP contribution in [-0.4, -0.2) is 25.0 Å². The Labute approximate surface area is 119 Å². The molecule has 0 fully saturated rings. The maximum absolute atomic E-state index is 5.96. The molecule has 1 atom stereocenters. The Balaban J connectivity index is 2.82. The van der Waals surface area contributed by atoms with E-state index in [-0.39, 0.29) is 5.41 Å². The third kappa shape index (κ3) is 4.63. The summed E-state index contributed by atoms with van der Waals surface area (Å²) in [6.45, 7) is 10.7. The van der Waals surface area contributed by atoms with Crippen molar-refractivity contribution in [3.8, 4) is 0 Å². The van der Waals surface area contributed by atoms with Crippen LogP contribution in [0.1, 0.15) is 57.7 Å². The fourth-order valence-electron chi connectivity index (χ4n) is 2.34. The molecular formula is C17H30N2. The molecule has 1 unspecified atom stereocenters. The molecule has 0 bridgehead atoms. The summed E-state index contributed by atoms with van der Waals surface area (Å²) in [5.74, 6) is 0. The Morgan fingerprint density at radius 3 is 2.16 bits per heavy atom. The van der Waals surface area contributed by atoms with Crippen LogP contribution in [0.2, 0.25) is 0 Å². The number of benzene rings is 1. The molecule has 2 heteroatoms. The van der Waals surface area contributed by atoms with Crippen LogP contribution < -0.4 is 5.73 Å². The molecule has 0 saturated heterocycles. The van der Waals surface area contributed by atoms with E-state index in [2.05, 4.69) is 63.9 Å². The second-order valence-corrected chi connectivity index (χ2v) is 6.46. The van der Waals surface area contributed by atoms with Gasteiger partial charge in [-0.05, 0) is 36.6 Å². The van der Waals surface area contributed by atoms with Gasteiger partial charge in [-0.2, -0.15) is 0 Å². The zero-order valence-electron chi connectivity index (χ0n) is 13.2. The van der Waals surface area contributed by atoms with Crippen molar-refractivity contribution in [2.24, 2.45) is 5.73 Å². The molecule has 2 N–H and O–H groups in total. The standard InChI is InChI=1S/C17H30N2/c1-6-7-12-19(5)16(13-18)14-8-10-15(11-9-14)17(2,3)4/h8-11,16H,6-7,12-13,18H2,1-5H3. The predicted molar refractivity (Wildman–Crippen MR) is 84.5 cm³/mol. The van der Waals surface area contributed by atoms with Crippen LogP contribution in [0.15, 0.2) is 24.3 Å². The highest BCUT2D eigenvalue weighted by Gasteiger charge is 2.17. The summed E-state index contributed by atoms with van der Waals surface area (Å²) in [6, 6.07) is 9.29. The van der Waals surface area contributed by atoms with Gasteiger partial charge in [0, 0.05) is 12.6 Å². The Bertz CT molecular complexity index is 362. The smallest absolute Gasteiger partial charge is 0.0467 e. The second-order valence-electron chi connectivity index (χ2n) is 6.46. The Morgan fingerprint density at radius 1 is 1.16 bits per heavy atom. The van der Waals surface area contributed by atoms with E-state index in [4.69, 9.17) is 5.73 Å². The van der Waals surface area contributed by atoms with Gasteiger partial charge in [0.2, 0.25) is 0 Å². The number of hydrogen-bond acceptors (Lipinski definition) is 2. The van der Waals surface area contributed by atoms with Gasteiger partial charge in [-0.3, -0.25) is 4.90 Å². The lowest BCUT2D eigenvalue weighted by Crippen LogP contribution is -2.31. The van der Waals surface area contributed by atoms with Gasteiger partial charge >= 0.3 is 0 Å². The molecule has 0 spiro atoms. The van der Waals surface area contributed by atoms with Crippen molar-refractivity contribution in [3.63, 3.8) is 0 Å². The molecule has 2 nitrogen and oxygen atoms in total. The lowest BCUT2D eigenvalue weighted by molar-refractivity contribution is 0.246. The Kier molecular flexibility index (Phi) is 6.02. The first-order valence-electron chi connectivity index (χ1n) is 7.41. The van der Waals surface area contributed by atoms with Crippen molar-refractivity contribution in [2.75, 3.05) is 20.1 Å². The van der Waals surface area contributed by atoms with Crippen LogP contribution in [0.25, 0.3) is 0 Å². The van der Waals surface area contributed by atoms with Gasteiger partial charge in [0.1, 0.15) is 0 Å². The van der Waals surface area contributed by atoms with Gasteiger partial charge in [-0.1, -0.05) is 58.4 Å². The molecule has 0 heterocycles. The summed E-state index contributed by atoms with van der Waals surface area (Å²) in [4.78, 5) is 2.37. The molecule has 19 heavy (non-hydrogen) atoms. The van der Waals surface area contributed by atoms with E-state index in [1.165, 1.54) is 24.0 Å². The number of nitrogens with two attached hydrogens (primary N) is 1. The first-order valence-corrected chi connectivity index (χ1v) is 7.41. The average Bonchev–Trinajstić information content (AvgIpc) is 2.37. The molecular weight excluding hydrogens is 232 g/mol. The van der Waals surface area contributed by atoms with Crippen molar-refractivity contribution in [2.45, 2.75) is 52.0 Å². The molecule has 0 radical (unpaired) electrons. The van der Waals surface area contributed by atoms with Crippen LogP contribution in [0.4, 0.5) is 0 Å². The van der Waals surface area contributed by atoms with Crippen LogP contribution in [0, 0.1) is 0 Å². The summed E-state index contributed by atoms with van der Waals surface area (Å²) >= 11 is 0. The van der Waals surface area contributed by atoms with Gasteiger partial charge in [0.15, 0.2) is 0 Å². The third-order valence-corrected chi connectivity index (χ3v) is 3.78. The molecule has 1 rings (SSSR count). The largest absolute Gasteiger partial charge is 0.329 e. The lowest BCUT2D eigenvalue weighted by Gasteiger charge is -2.28. The van der Waals surface area contributed by atoms with Gasteiger partial charge in [0.25, 0.3) is 0 Å². The quantitative estimate of drug-likeness (QED) is 0.846. The average molecular weight is 262 g/mol. The van der Waals surface area contributed by atoms with Crippen molar-refractivity contribution >= 4 is 0 Å². The number of unbranched alkanes of at least 4 members (excludes halogenated alkanes) is 1. The summed E-state index contributed by atoms with van der Waals surface area (Å²) in [5, 5.41) is 0. The highest BCUT2D eigenvalue weighted by molar-refractivity contribution is 5.29. The van der Waals surface area contributed by atoms with E-state index in [1.54, 1.807) is 0 Å². The molecule has 1 aromatic rings. The van der Waals surface area contributed by atoms with E-state index < -0.39 is 0 Å². The molecule has 0 aromatic heterocycles. The zero-order chi connectivity index (χ0) is 14.5. The normalized spacial score (nSPS) is 13.8. The van der Waals surface area contributed by atoms with E-state index in [9.17, 15) is 0 Å². The van der Waals surface area contributed by atoms with Crippen molar-refractivity contribution < 1.29 is 0 Å². The molecule has 108 valence electrons. The van der Waals surface area contributed by atoms with E-state index in [0.29, 0.717) is 12.6 Å². The van der Waals surface area contributed by atoms with Crippen LogP contribution in [0.5, 0.6) is 0 Å². The van der Waals surface area contributed by atoms with E-state index >= 15 is 0 Å². The van der Waals surface area contributed by atoms with Gasteiger partial charge in [-0.25, -0.2) is 0 Å². The molecule has 0 amide bonds. The van der Waals surface area contributed by atoms with Crippen LogP contribution >= 0.6 is 0 Å². The molecule has 0 aliphatic carbocycles. The monoisotopic (exact) mass is 262 g/mol. The van der Waals surface area contributed by atoms with Crippen molar-refractivity contribution in [1.29, 1.82) is 0 Å². The summed E-state index contributed by atoms with van der Waals surface area (Å²) in [6.07, 6.45) is 2.46. The minimum Gasteiger partial charge on any atom is -0.329 e. The third-order valence-electron chi connectivity index (χ3n) is 3.78. The highest BCUT2D eigenvalue weighted by atomic mass is 15.1. The fraction of sp³-hybridized carbons (Fsp3) is 0.647. The number of likely N-dealkylation sites (N-methyl/N-ethyl adjacent to an activating group) is 1. The van der Waals surface area contributed by atoms with Gasteiger partial charge in [-0.15, -0.1) is 0 Å². The number of rotatable bonds is 6. The molecule has 0 aliphatic heterocycles. The minimum absolute atomic E-state index is 0.213. The second kappa shape index (κ2) is 7.06. The van der Waals surface area contributed by atoms with Crippen molar-refractivity contribution in [3.05, 3.63) is 35.4 Å². The lowest BCUT2D eigenvalue weighted by atomic mass is 9.86. The maximum Gasteiger partial charge on any atom is 0.0467 e. The summed E-state index contributed by atoms with van der Waals surface area (Å²) < 4.78 is 0. The molecule has 0 saturated carbocycles. The van der Waals surface area contributed by atoms with E-state index in [0.717, 1.165) is 6.54 Å². The maximum atomic E-state index is 5.96. The Morgan fingerprint density at radius 2 is 1.74 bits per heavy atom. The summed E-state index contributed by atoms with van der Waals surface area (Å²) in [5.41, 5.74) is 8.88. The Hall–Kier alpha value is -0.860. The molecule has 1 aromatic carbocycles.